The van der Waals surface area contributed by atoms with Crippen molar-refractivity contribution in [2.75, 3.05) is 24.5 Å². The minimum atomic E-state index is -0.0731. The Morgan fingerprint density at radius 2 is 1.61 bits per heavy atom. The number of ether oxygens (including phenoxy) is 1. The summed E-state index contributed by atoms with van der Waals surface area (Å²) in [5, 5.41) is 3.62. The third-order valence-electron chi connectivity index (χ3n) is 6.42. The Kier molecular flexibility index (Phi) is 6.82. The molecule has 0 spiro atoms. The van der Waals surface area contributed by atoms with Gasteiger partial charge >= 0.3 is 0 Å². The second kappa shape index (κ2) is 10.3. The molecule has 1 aliphatic rings. The number of hydrogen-bond donors (Lipinski definition) is 1. The lowest BCUT2D eigenvalue weighted by Crippen LogP contribution is -2.47. The number of anilines is 1. The zero-order valence-corrected chi connectivity index (χ0v) is 20.9. The van der Waals surface area contributed by atoms with Gasteiger partial charge in [0.25, 0.3) is 5.56 Å². The van der Waals surface area contributed by atoms with Crippen LogP contribution in [0.4, 0.5) is 5.95 Å². The summed E-state index contributed by atoms with van der Waals surface area (Å²) in [4.78, 5) is 23.8. The molecule has 0 unspecified atom stereocenters. The Balaban J connectivity index is 1.34. The molecular weight excluding hydrogens is 450 g/mol. The Labute approximate surface area is 211 Å². The average Bonchev–Trinajstić information content (AvgIpc) is 2.91. The molecule has 0 radical (unpaired) electrons. The van der Waals surface area contributed by atoms with E-state index in [1.165, 1.54) is 5.56 Å². The van der Waals surface area contributed by atoms with Gasteiger partial charge in [0.05, 0.1) is 11.8 Å². The lowest BCUT2D eigenvalue weighted by Gasteiger charge is -2.35. The molecule has 1 saturated heterocycles. The maximum absolute atomic E-state index is 12.7. The average molecular weight is 482 g/mol. The first-order chi connectivity index (χ1) is 17.5. The SMILES string of the molecule is CC(C)Oc1ccc(-c2ccc([C@H]3CN(c4nc(-c5ccncc5)cc(=O)n4C)CCN3)cc2)cc1. The van der Waals surface area contributed by atoms with Crippen LogP contribution in [0.15, 0.2) is 83.9 Å². The first-order valence-electron chi connectivity index (χ1n) is 12.3. The highest BCUT2D eigenvalue weighted by Gasteiger charge is 2.24. The summed E-state index contributed by atoms with van der Waals surface area (Å²) in [6, 6.07) is 22.3. The first-order valence-corrected chi connectivity index (χ1v) is 12.3. The monoisotopic (exact) mass is 481 g/mol. The molecule has 7 nitrogen and oxygen atoms in total. The molecule has 0 amide bonds. The normalized spacial score (nSPS) is 15.8. The van der Waals surface area contributed by atoms with Crippen LogP contribution in [0.5, 0.6) is 5.75 Å². The molecule has 184 valence electrons. The van der Waals surface area contributed by atoms with Crippen molar-refractivity contribution < 1.29 is 4.74 Å². The van der Waals surface area contributed by atoms with Gasteiger partial charge < -0.3 is 15.0 Å². The van der Waals surface area contributed by atoms with E-state index < -0.39 is 0 Å². The maximum atomic E-state index is 12.7. The fraction of sp³-hybridized carbons (Fsp3) is 0.276. The Morgan fingerprint density at radius 3 is 2.28 bits per heavy atom. The van der Waals surface area contributed by atoms with Crippen molar-refractivity contribution in [3.05, 3.63) is 95.0 Å². The van der Waals surface area contributed by atoms with Crippen LogP contribution >= 0.6 is 0 Å². The number of nitrogens with zero attached hydrogens (tertiary/aromatic N) is 4. The van der Waals surface area contributed by atoms with E-state index in [0.29, 0.717) is 11.6 Å². The summed E-state index contributed by atoms with van der Waals surface area (Å²) in [6.07, 6.45) is 3.59. The summed E-state index contributed by atoms with van der Waals surface area (Å²) in [6.45, 7) is 6.36. The molecule has 1 atom stereocenters. The second-order valence-corrected chi connectivity index (χ2v) is 9.34. The predicted molar refractivity (Wildman–Crippen MR) is 143 cm³/mol. The fourth-order valence-corrected chi connectivity index (χ4v) is 4.54. The van der Waals surface area contributed by atoms with E-state index in [9.17, 15) is 4.79 Å². The highest BCUT2D eigenvalue weighted by Crippen LogP contribution is 2.27. The van der Waals surface area contributed by atoms with E-state index >= 15 is 0 Å². The zero-order valence-electron chi connectivity index (χ0n) is 20.9. The minimum Gasteiger partial charge on any atom is -0.491 e. The molecule has 7 heteroatoms. The van der Waals surface area contributed by atoms with Crippen LogP contribution in [0.2, 0.25) is 0 Å². The van der Waals surface area contributed by atoms with Crippen molar-refractivity contribution >= 4 is 5.95 Å². The maximum Gasteiger partial charge on any atom is 0.255 e. The van der Waals surface area contributed by atoms with E-state index in [1.54, 1.807) is 30.1 Å². The topological polar surface area (TPSA) is 72.3 Å². The van der Waals surface area contributed by atoms with Crippen LogP contribution in [-0.2, 0) is 7.05 Å². The Bertz CT molecular complexity index is 1370. The van der Waals surface area contributed by atoms with Gasteiger partial charge in [0.1, 0.15) is 5.75 Å². The molecule has 1 fully saturated rings. The molecule has 0 saturated carbocycles. The van der Waals surface area contributed by atoms with Crippen molar-refractivity contribution in [2.24, 2.45) is 7.05 Å². The van der Waals surface area contributed by atoms with E-state index in [0.717, 1.165) is 42.1 Å². The molecule has 1 aliphatic heterocycles. The highest BCUT2D eigenvalue weighted by molar-refractivity contribution is 5.64. The number of benzene rings is 2. The van der Waals surface area contributed by atoms with Gasteiger partial charge in [0.15, 0.2) is 0 Å². The van der Waals surface area contributed by atoms with Gasteiger partial charge in [-0.1, -0.05) is 36.4 Å². The third kappa shape index (κ3) is 5.16. The fourth-order valence-electron chi connectivity index (χ4n) is 4.54. The number of pyridine rings is 1. The van der Waals surface area contributed by atoms with Crippen molar-refractivity contribution in [1.82, 2.24) is 19.9 Å². The molecule has 2 aromatic heterocycles. The largest absolute Gasteiger partial charge is 0.491 e. The smallest absolute Gasteiger partial charge is 0.255 e. The number of nitrogens with one attached hydrogen (secondary N) is 1. The van der Waals surface area contributed by atoms with E-state index in [1.807, 2.05) is 38.1 Å². The van der Waals surface area contributed by atoms with Gasteiger partial charge in [-0.05, 0) is 54.8 Å². The molecule has 4 aromatic rings. The summed E-state index contributed by atoms with van der Waals surface area (Å²) in [5.74, 6) is 1.56. The van der Waals surface area contributed by atoms with E-state index in [2.05, 4.69) is 51.6 Å². The van der Waals surface area contributed by atoms with Crippen LogP contribution in [0.3, 0.4) is 0 Å². The van der Waals surface area contributed by atoms with Crippen LogP contribution in [-0.4, -0.2) is 40.3 Å². The molecule has 5 rings (SSSR count). The lowest BCUT2D eigenvalue weighted by molar-refractivity contribution is 0.242. The van der Waals surface area contributed by atoms with Crippen molar-refractivity contribution in [3.63, 3.8) is 0 Å². The molecule has 0 aliphatic carbocycles. The van der Waals surface area contributed by atoms with Gasteiger partial charge in [0.2, 0.25) is 5.95 Å². The minimum absolute atomic E-state index is 0.0731. The number of piperazine rings is 1. The van der Waals surface area contributed by atoms with E-state index in [-0.39, 0.29) is 17.7 Å². The molecular formula is C29H31N5O2. The van der Waals surface area contributed by atoms with Gasteiger partial charge in [-0.15, -0.1) is 0 Å². The summed E-state index contributed by atoms with van der Waals surface area (Å²) in [7, 11) is 1.78. The first kappa shape index (κ1) is 23.8. The molecule has 1 N–H and O–H groups in total. The number of aromatic nitrogens is 3. The van der Waals surface area contributed by atoms with Crippen LogP contribution in [0.1, 0.15) is 25.5 Å². The van der Waals surface area contributed by atoms with Gasteiger partial charge in [-0.25, -0.2) is 4.98 Å². The summed E-state index contributed by atoms with van der Waals surface area (Å²) >= 11 is 0. The van der Waals surface area contributed by atoms with Crippen molar-refractivity contribution in [1.29, 1.82) is 0 Å². The molecule has 3 heterocycles. The molecule has 0 bridgehead atoms. The van der Waals surface area contributed by atoms with Gasteiger partial charge in [-0.3, -0.25) is 14.3 Å². The number of hydrogen-bond acceptors (Lipinski definition) is 6. The van der Waals surface area contributed by atoms with Crippen LogP contribution in [0.25, 0.3) is 22.4 Å². The van der Waals surface area contributed by atoms with E-state index in [4.69, 9.17) is 9.72 Å². The molecule has 36 heavy (non-hydrogen) atoms. The Morgan fingerprint density at radius 1 is 0.944 bits per heavy atom. The number of rotatable bonds is 6. The van der Waals surface area contributed by atoms with Crippen molar-refractivity contribution in [3.8, 4) is 28.1 Å². The second-order valence-electron chi connectivity index (χ2n) is 9.34. The standard InChI is InChI=1S/C29H31N5O2/c1-20(2)36-25-10-8-22(9-11-25)21-4-6-23(7-5-21)27-19-34(17-16-31-27)29-32-26(18-28(35)33(29)3)24-12-14-30-15-13-24/h4-15,18,20,27,31H,16-17,19H2,1-3H3/t27-/m1/s1. The third-order valence-corrected chi connectivity index (χ3v) is 6.42. The summed E-state index contributed by atoms with van der Waals surface area (Å²) < 4.78 is 7.38. The quantitative estimate of drug-likeness (QED) is 0.439. The van der Waals surface area contributed by atoms with Crippen LogP contribution < -0.4 is 20.5 Å². The summed E-state index contributed by atoms with van der Waals surface area (Å²) in [5.41, 5.74) is 5.00. The lowest BCUT2D eigenvalue weighted by atomic mass is 9.99. The molecule has 2 aromatic carbocycles. The highest BCUT2D eigenvalue weighted by atomic mass is 16.5. The zero-order chi connectivity index (χ0) is 25.1. The van der Waals surface area contributed by atoms with Crippen LogP contribution in [0, 0.1) is 0 Å². The van der Waals surface area contributed by atoms with Gasteiger partial charge in [-0.2, -0.15) is 0 Å². The van der Waals surface area contributed by atoms with Crippen molar-refractivity contribution in [2.45, 2.75) is 26.0 Å². The Hall–Kier alpha value is -3.97. The predicted octanol–water partition coefficient (Wildman–Crippen LogP) is 4.45. The van der Waals surface area contributed by atoms with Gasteiger partial charge in [0, 0.05) is 56.7 Å².